The van der Waals surface area contributed by atoms with Crippen molar-refractivity contribution >= 4 is 57.5 Å². The smallest absolute Gasteiger partial charge is 0.262 e. The molecule has 0 aliphatic heterocycles. The number of ether oxygens (including phenoxy) is 1. The minimum absolute atomic E-state index is 0.0935. The lowest BCUT2D eigenvalue weighted by atomic mass is 10.2. The number of carbonyl (C=O) groups is 1. The molecule has 3 aromatic rings. The molecule has 0 aliphatic rings. The average Bonchev–Trinajstić information content (AvgIpc) is 2.69. The maximum Gasteiger partial charge on any atom is 0.262 e. The van der Waals surface area contributed by atoms with Gasteiger partial charge in [0.05, 0.1) is 40.0 Å². The number of thioether (sulfide) groups is 1. The highest BCUT2D eigenvalue weighted by atomic mass is 35.5. The molecule has 2 aromatic carbocycles. The first-order valence-corrected chi connectivity index (χ1v) is 10.6. The van der Waals surface area contributed by atoms with Crippen LogP contribution in [0.1, 0.15) is 6.92 Å². The Morgan fingerprint density at radius 3 is 2.77 bits per heavy atom. The fourth-order valence-electron chi connectivity index (χ4n) is 2.68. The Morgan fingerprint density at radius 1 is 1.30 bits per heavy atom. The predicted octanol–water partition coefficient (Wildman–Crippen LogP) is 4.61. The molecule has 6 nitrogen and oxygen atoms in total. The van der Waals surface area contributed by atoms with Crippen LogP contribution in [-0.2, 0) is 16.1 Å². The molecule has 1 heterocycles. The second kappa shape index (κ2) is 9.78. The number of nitrogens with one attached hydrogen (secondary N) is 1. The molecule has 1 atom stereocenters. The van der Waals surface area contributed by atoms with E-state index < -0.39 is 11.1 Å². The zero-order chi connectivity index (χ0) is 21.8. The number of halogens is 3. The summed E-state index contributed by atoms with van der Waals surface area (Å²) in [5.74, 6) is -0.867. The number of nitrogens with zero attached hydrogens (tertiary/aromatic N) is 2. The molecule has 0 spiro atoms. The molecule has 158 valence electrons. The number of aromatic nitrogens is 2. The summed E-state index contributed by atoms with van der Waals surface area (Å²) in [7, 11) is 1.54. The molecular formula is C20H18Cl2FN3O3S. The molecule has 10 heteroatoms. The van der Waals surface area contributed by atoms with E-state index in [1.807, 2.05) is 0 Å². The van der Waals surface area contributed by atoms with Gasteiger partial charge >= 0.3 is 0 Å². The van der Waals surface area contributed by atoms with E-state index in [1.54, 1.807) is 25.1 Å². The molecule has 1 unspecified atom stereocenters. The van der Waals surface area contributed by atoms with Gasteiger partial charge in [0, 0.05) is 12.1 Å². The van der Waals surface area contributed by atoms with Crippen molar-refractivity contribution in [2.24, 2.45) is 0 Å². The summed E-state index contributed by atoms with van der Waals surface area (Å²) >= 11 is 13.1. The van der Waals surface area contributed by atoms with Gasteiger partial charge in [-0.05, 0) is 43.3 Å². The van der Waals surface area contributed by atoms with Crippen LogP contribution in [0.3, 0.4) is 0 Å². The number of methoxy groups -OCH3 is 1. The number of benzene rings is 2. The Bertz CT molecular complexity index is 1160. The molecule has 0 radical (unpaired) electrons. The van der Waals surface area contributed by atoms with Crippen LogP contribution in [0.2, 0.25) is 10.0 Å². The summed E-state index contributed by atoms with van der Waals surface area (Å²) in [6.45, 7) is 2.26. The largest absolute Gasteiger partial charge is 0.383 e. The van der Waals surface area contributed by atoms with Crippen molar-refractivity contribution in [1.29, 1.82) is 0 Å². The van der Waals surface area contributed by atoms with Gasteiger partial charge in [0.2, 0.25) is 5.91 Å². The highest BCUT2D eigenvalue weighted by Gasteiger charge is 2.20. The van der Waals surface area contributed by atoms with E-state index in [9.17, 15) is 14.0 Å². The zero-order valence-electron chi connectivity index (χ0n) is 16.1. The lowest BCUT2D eigenvalue weighted by Crippen LogP contribution is -2.28. The monoisotopic (exact) mass is 469 g/mol. The Balaban J connectivity index is 1.90. The Hall–Kier alpha value is -2.13. The van der Waals surface area contributed by atoms with Crippen molar-refractivity contribution in [3.05, 3.63) is 62.6 Å². The molecule has 0 bridgehead atoms. The lowest BCUT2D eigenvalue weighted by molar-refractivity contribution is -0.115. The topological polar surface area (TPSA) is 73.2 Å². The first-order valence-electron chi connectivity index (χ1n) is 8.91. The third-order valence-corrected chi connectivity index (χ3v) is 5.88. The van der Waals surface area contributed by atoms with Gasteiger partial charge in [-0.3, -0.25) is 14.2 Å². The van der Waals surface area contributed by atoms with Crippen LogP contribution in [-0.4, -0.2) is 34.4 Å². The Morgan fingerprint density at radius 2 is 2.07 bits per heavy atom. The summed E-state index contributed by atoms with van der Waals surface area (Å²) in [4.78, 5) is 30.1. The van der Waals surface area contributed by atoms with Crippen molar-refractivity contribution in [3.8, 4) is 0 Å². The van der Waals surface area contributed by atoms with Crippen LogP contribution in [0.15, 0.2) is 46.3 Å². The number of carbonyl (C=O) groups excluding carboxylic acids is 1. The van der Waals surface area contributed by atoms with Crippen LogP contribution in [0.5, 0.6) is 0 Å². The summed E-state index contributed by atoms with van der Waals surface area (Å²) in [5.41, 5.74) is 0.494. The van der Waals surface area contributed by atoms with E-state index in [4.69, 9.17) is 27.9 Å². The van der Waals surface area contributed by atoms with Gasteiger partial charge in [-0.25, -0.2) is 9.37 Å². The second-order valence-corrected chi connectivity index (χ2v) is 8.53. The maximum absolute atomic E-state index is 13.2. The fourth-order valence-corrected chi connectivity index (χ4v) is 4.00. The van der Waals surface area contributed by atoms with E-state index in [0.717, 1.165) is 17.8 Å². The van der Waals surface area contributed by atoms with Gasteiger partial charge in [0.15, 0.2) is 5.16 Å². The van der Waals surface area contributed by atoms with E-state index in [2.05, 4.69) is 10.3 Å². The van der Waals surface area contributed by atoms with E-state index in [-0.39, 0.29) is 23.0 Å². The standard InChI is InChI=1S/C20H18Cl2FN3O3S/c1-11(18(27)24-16-6-4-13(23)10-15(16)22)30-20-25-17-9-12(21)3-5-14(17)19(28)26(20)7-8-29-2/h3-6,9-11H,7-8H2,1-2H3,(H,24,27). The molecule has 1 amide bonds. The number of fused-ring (bicyclic) bond motifs is 1. The van der Waals surface area contributed by atoms with Gasteiger partial charge < -0.3 is 10.1 Å². The van der Waals surface area contributed by atoms with Crippen molar-refractivity contribution in [2.75, 3.05) is 19.0 Å². The number of amides is 1. The molecular weight excluding hydrogens is 452 g/mol. The highest BCUT2D eigenvalue weighted by Crippen LogP contribution is 2.27. The van der Waals surface area contributed by atoms with Gasteiger partial charge in [0.1, 0.15) is 5.82 Å². The highest BCUT2D eigenvalue weighted by molar-refractivity contribution is 8.00. The van der Waals surface area contributed by atoms with Crippen molar-refractivity contribution in [1.82, 2.24) is 9.55 Å². The van der Waals surface area contributed by atoms with Crippen LogP contribution in [0.25, 0.3) is 10.9 Å². The van der Waals surface area contributed by atoms with Gasteiger partial charge in [-0.1, -0.05) is 35.0 Å². The first-order chi connectivity index (χ1) is 14.3. The minimum atomic E-state index is -0.622. The minimum Gasteiger partial charge on any atom is -0.383 e. The molecule has 0 saturated carbocycles. The molecule has 3 rings (SSSR count). The number of hydrogen-bond acceptors (Lipinski definition) is 5. The average molecular weight is 470 g/mol. The predicted molar refractivity (Wildman–Crippen MR) is 118 cm³/mol. The maximum atomic E-state index is 13.2. The van der Waals surface area contributed by atoms with Gasteiger partial charge in [0.25, 0.3) is 5.56 Å². The van der Waals surface area contributed by atoms with Crippen LogP contribution >= 0.6 is 35.0 Å². The Labute approximate surface area is 186 Å². The fraction of sp³-hybridized carbons (Fsp3) is 0.250. The van der Waals surface area contributed by atoms with Crippen LogP contribution in [0, 0.1) is 5.82 Å². The number of anilines is 1. The third kappa shape index (κ3) is 5.13. The van der Waals surface area contributed by atoms with E-state index >= 15 is 0 Å². The van der Waals surface area contributed by atoms with Crippen molar-refractivity contribution in [3.63, 3.8) is 0 Å². The Kier molecular flexibility index (Phi) is 7.36. The van der Waals surface area contributed by atoms with Crippen molar-refractivity contribution < 1.29 is 13.9 Å². The third-order valence-electron chi connectivity index (χ3n) is 4.24. The lowest BCUT2D eigenvalue weighted by Gasteiger charge is -2.16. The summed E-state index contributed by atoms with van der Waals surface area (Å²) in [5, 5.41) is 3.38. The SMILES string of the molecule is COCCn1c(SC(C)C(=O)Nc2ccc(F)cc2Cl)nc2cc(Cl)ccc2c1=O. The molecule has 1 aromatic heterocycles. The molecule has 0 aliphatic carbocycles. The molecule has 0 saturated heterocycles. The van der Waals surface area contributed by atoms with Gasteiger partial charge in [-0.15, -0.1) is 0 Å². The van der Waals surface area contributed by atoms with E-state index in [0.29, 0.717) is 33.4 Å². The van der Waals surface area contributed by atoms with Crippen LogP contribution < -0.4 is 10.9 Å². The summed E-state index contributed by atoms with van der Waals surface area (Å²) in [6, 6.07) is 8.56. The first kappa shape index (κ1) is 22.6. The van der Waals surface area contributed by atoms with Crippen molar-refractivity contribution in [2.45, 2.75) is 23.9 Å². The second-order valence-electron chi connectivity index (χ2n) is 6.38. The quantitative estimate of drug-likeness (QED) is 0.404. The molecule has 0 fully saturated rings. The number of hydrogen-bond donors (Lipinski definition) is 1. The summed E-state index contributed by atoms with van der Waals surface area (Å²) < 4.78 is 19.8. The zero-order valence-corrected chi connectivity index (χ0v) is 18.4. The van der Waals surface area contributed by atoms with Gasteiger partial charge in [-0.2, -0.15) is 0 Å². The van der Waals surface area contributed by atoms with E-state index in [1.165, 1.54) is 23.8 Å². The normalized spacial score (nSPS) is 12.2. The molecule has 1 N–H and O–H groups in total. The molecule has 30 heavy (non-hydrogen) atoms. The summed E-state index contributed by atoms with van der Waals surface area (Å²) in [6.07, 6.45) is 0. The van der Waals surface area contributed by atoms with Crippen LogP contribution in [0.4, 0.5) is 10.1 Å². The number of rotatable bonds is 7.